The highest BCUT2D eigenvalue weighted by Crippen LogP contribution is 2.31. The minimum atomic E-state index is -4.32. The second kappa shape index (κ2) is 3.79. The van der Waals surface area contributed by atoms with Crippen molar-refractivity contribution in [2.75, 3.05) is 6.61 Å². The average molecular weight is 191 g/mol. The molecule has 1 heterocycles. The number of nitriles is 1. The molecule has 1 fully saturated rings. The van der Waals surface area contributed by atoms with Crippen LogP contribution < -0.4 is 0 Å². The van der Waals surface area contributed by atoms with Crippen LogP contribution in [0.3, 0.4) is 0 Å². The monoisotopic (exact) mass is 191 g/mol. The summed E-state index contributed by atoms with van der Waals surface area (Å²) in [4.78, 5) is 0. The lowest BCUT2D eigenvalue weighted by atomic mass is 10.0. The first-order valence-electron chi connectivity index (χ1n) is 3.80. The molecule has 0 aromatic rings. The molecule has 1 rings (SSSR count). The molecule has 0 N–H and O–H groups in total. The number of rotatable bonds is 0. The summed E-state index contributed by atoms with van der Waals surface area (Å²) in [6, 6.07) is 1.72. The van der Waals surface area contributed by atoms with Gasteiger partial charge in [0.2, 0.25) is 0 Å². The van der Waals surface area contributed by atoms with Gasteiger partial charge >= 0.3 is 6.18 Å². The summed E-state index contributed by atoms with van der Waals surface area (Å²) in [5.74, 6) is 0. The van der Waals surface area contributed by atoms with Gasteiger partial charge in [0.05, 0.1) is 12.7 Å². The van der Waals surface area contributed by atoms with Crippen molar-refractivity contribution in [2.45, 2.75) is 25.1 Å². The fourth-order valence-corrected chi connectivity index (χ4v) is 1.16. The Labute approximate surface area is 73.6 Å². The molecule has 0 saturated carbocycles. The van der Waals surface area contributed by atoms with Crippen molar-refractivity contribution < 1.29 is 17.9 Å². The van der Waals surface area contributed by atoms with Gasteiger partial charge in [-0.15, -0.1) is 0 Å². The van der Waals surface area contributed by atoms with E-state index >= 15 is 0 Å². The van der Waals surface area contributed by atoms with E-state index < -0.39 is 12.3 Å². The molecule has 1 aliphatic rings. The zero-order chi connectivity index (χ0) is 9.90. The number of ether oxygens (including phenoxy) is 1. The number of nitrogens with zero attached hydrogens (tertiary/aromatic N) is 1. The minimum absolute atomic E-state index is 0.0394. The average Bonchev–Trinajstić information content (AvgIpc) is 2.04. The number of hydrogen-bond acceptors (Lipinski definition) is 2. The van der Waals surface area contributed by atoms with E-state index in [1.165, 1.54) is 6.08 Å². The molecular formula is C8H8F3NO. The van der Waals surface area contributed by atoms with E-state index in [2.05, 4.69) is 4.74 Å². The smallest absolute Gasteiger partial charge is 0.368 e. The van der Waals surface area contributed by atoms with Crippen molar-refractivity contribution in [2.24, 2.45) is 0 Å². The Morgan fingerprint density at radius 2 is 2.23 bits per heavy atom. The van der Waals surface area contributed by atoms with Crippen LogP contribution in [0.4, 0.5) is 13.2 Å². The van der Waals surface area contributed by atoms with Crippen molar-refractivity contribution in [1.29, 1.82) is 5.26 Å². The standard InChI is InChI=1S/C8H8F3NO/c9-8(10,11)7-5-6(1-3-12)2-4-13-7/h1,7H,2,4-5H2/b6-1+. The van der Waals surface area contributed by atoms with Gasteiger partial charge in [-0.25, -0.2) is 0 Å². The predicted molar refractivity (Wildman–Crippen MR) is 38.7 cm³/mol. The SMILES string of the molecule is N#C/C=C1\CCOC(C(F)(F)F)C1. The first kappa shape index (κ1) is 10.1. The number of hydrogen-bond donors (Lipinski definition) is 0. The van der Waals surface area contributed by atoms with Crippen LogP contribution >= 0.6 is 0 Å². The van der Waals surface area contributed by atoms with Crippen molar-refractivity contribution in [3.05, 3.63) is 11.6 Å². The molecule has 0 bridgehead atoms. The lowest BCUT2D eigenvalue weighted by molar-refractivity contribution is -0.224. The molecular weight excluding hydrogens is 183 g/mol. The highest BCUT2D eigenvalue weighted by Gasteiger charge is 2.42. The van der Waals surface area contributed by atoms with E-state index in [-0.39, 0.29) is 13.0 Å². The zero-order valence-electron chi connectivity index (χ0n) is 6.77. The summed E-state index contributed by atoms with van der Waals surface area (Å²) in [6.07, 6.45) is -4.69. The zero-order valence-corrected chi connectivity index (χ0v) is 6.77. The molecule has 1 unspecified atom stereocenters. The van der Waals surface area contributed by atoms with E-state index in [4.69, 9.17) is 5.26 Å². The van der Waals surface area contributed by atoms with Gasteiger partial charge < -0.3 is 4.74 Å². The largest absolute Gasteiger partial charge is 0.414 e. The second-order valence-corrected chi connectivity index (χ2v) is 2.79. The van der Waals surface area contributed by atoms with Crippen LogP contribution in [0, 0.1) is 11.3 Å². The van der Waals surface area contributed by atoms with Gasteiger partial charge in [-0.05, 0) is 6.42 Å². The third-order valence-corrected chi connectivity index (χ3v) is 1.82. The number of halogens is 3. The van der Waals surface area contributed by atoms with Crippen LogP contribution in [-0.4, -0.2) is 18.9 Å². The normalized spacial score (nSPS) is 27.2. The van der Waals surface area contributed by atoms with Crippen molar-refractivity contribution >= 4 is 0 Å². The molecule has 2 nitrogen and oxygen atoms in total. The summed E-state index contributed by atoms with van der Waals surface area (Å²) in [5.41, 5.74) is 0.510. The molecule has 0 aromatic heterocycles. The summed E-state index contributed by atoms with van der Waals surface area (Å²) in [5, 5.41) is 8.26. The van der Waals surface area contributed by atoms with Gasteiger partial charge in [0.25, 0.3) is 0 Å². The second-order valence-electron chi connectivity index (χ2n) is 2.79. The Balaban J connectivity index is 2.63. The van der Waals surface area contributed by atoms with Crippen molar-refractivity contribution in [1.82, 2.24) is 0 Å². The van der Waals surface area contributed by atoms with Gasteiger partial charge in [-0.2, -0.15) is 18.4 Å². The third-order valence-electron chi connectivity index (χ3n) is 1.82. The minimum Gasteiger partial charge on any atom is -0.368 e. The van der Waals surface area contributed by atoms with Crippen LogP contribution in [0.15, 0.2) is 11.6 Å². The first-order chi connectivity index (χ1) is 6.04. The Hall–Kier alpha value is -1.02. The van der Waals surface area contributed by atoms with Gasteiger partial charge in [-0.3, -0.25) is 0 Å². The van der Waals surface area contributed by atoms with Crippen LogP contribution in [0.1, 0.15) is 12.8 Å². The Morgan fingerprint density at radius 1 is 1.54 bits per heavy atom. The molecule has 72 valence electrons. The van der Waals surface area contributed by atoms with Gasteiger partial charge in [0.15, 0.2) is 6.10 Å². The van der Waals surface area contributed by atoms with Crippen LogP contribution in [-0.2, 0) is 4.74 Å². The molecule has 0 radical (unpaired) electrons. The first-order valence-corrected chi connectivity index (χ1v) is 3.80. The molecule has 0 aromatic carbocycles. The maximum Gasteiger partial charge on any atom is 0.414 e. The van der Waals surface area contributed by atoms with E-state index in [1.807, 2.05) is 0 Å². The summed E-state index contributed by atoms with van der Waals surface area (Å²) < 4.78 is 40.9. The van der Waals surface area contributed by atoms with Gasteiger partial charge in [0.1, 0.15) is 0 Å². The van der Waals surface area contributed by atoms with Crippen LogP contribution in [0.5, 0.6) is 0 Å². The Kier molecular flexibility index (Phi) is 2.94. The predicted octanol–water partition coefficient (Wildman–Crippen LogP) is 2.18. The van der Waals surface area contributed by atoms with E-state index in [9.17, 15) is 13.2 Å². The van der Waals surface area contributed by atoms with Crippen molar-refractivity contribution in [3.63, 3.8) is 0 Å². The lowest BCUT2D eigenvalue weighted by Crippen LogP contribution is -2.35. The highest BCUT2D eigenvalue weighted by atomic mass is 19.4. The molecule has 1 saturated heterocycles. The fourth-order valence-electron chi connectivity index (χ4n) is 1.16. The molecule has 1 atom stereocenters. The van der Waals surface area contributed by atoms with Gasteiger partial charge in [0, 0.05) is 12.5 Å². The maximum atomic E-state index is 12.1. The molecule has 5 heteroatoms. The summed E-state index contributed by atoms with van der Waals surface area (Å²) in [6.45, 7) is 0.0394. The molecule has 1 aliphatic heterocycles. The summed E-state index contributed by atoms with van der Waals surface area (Å²) in [7, 11) is 0. The van der Waals surface area contributed by atoms with Gasteiger partial charge in [-0.1, -0.05) is 5.57 Å². The number of alkyl halides is 3. The molecule has 0 amide bonds. The fraction of sp³-hybridized carbons (Fsp3) is 0.625. The summed E-state index contributed by atoms with van der Waals surface area (Å²) >= 11 is 0. The molecule has 13 heavy (non-hydrogen) atoms. The Morgan fingerprint density at radius 3 is 2.77 bits per heavy atom. The van der Waals surface area contributed by atoms with Crippen molar-refractivity contribution in [3.8, 4) is 6.07 Å². The van der Waals surface area contributed by atoms with E-state index in [0.29, 0.717) is 12.0 Å². The third kappa shape index (κ3) is 2.74. The molecule has 0 spiro atoms. The van der Waals surface area contributed by atoms with Crippen LogP contribution in [0.2, 0.25) is 0 Å². The molecule has 0 aliphatic carbocycles. The van der Waals surface area contributed by atoms with E-state index in [0.717, 1.165) is 0 Å². The lowest BCUT2D eigenvalue weighted by Gasteiger charge is -2.26. The van der Waals surface area contributed by atoms with E-state index in [1.54, 1.807) is 6.07 Å². The topological polar surface area (TPSA) is 33.0 Å². The Bertz CT molecular complexity index is 251. The maximum absolute atomic E-state index is 12.1. The number of allylic oxidation sites excluding steroid dienone is 1. The highest BCUT2D eigenvalue weighted by molar-refractivity contribution is 5.15. The van der Waals surface area contributed by atoms with Crippen LogP contribution in [0.25, 0.3) is 0 Å². The quantitative estimate of drug-likeness (QED) is 0.550.